The summed E-state index contributed by atoms with van der Waals surface area (Å²) in [6.07, 6.45) is 9.48. The van der Waals surface area contributed by atoms with Crippen molar-refractivity contribution in [1.29, 1.82) is 0 Å². The van der Waals surface area contributed by atoms with E-state index >= 15 is 0 Å². The van der Waals surface area contributed by atoms with E-state index in [0.29, 0.717) is 0 Å². The van der Waals surface area contributed by atoms with Crippen molar-refractivity contribution >= 4 is 0 Å². The molecular formula is C10H16. The highest BCUT2D eigenvalue weighted by Crippen LogP contribution is 2.49. The van der Waals surface area contributed by atoms with E-state index in [1.54, 1.807) is 6.42 Å². The summed E-state index contributed by atoms with van der Waals surface area (Å²) in [5, 5.41) is 0. The van der Waals surface area contributed by atoms with Crippen LogP contribution < -0.4 is 0 Å². The predicted octanol–water partition coefficient (Wildman–Crippen LogP) is 3.00. The molecule has 0 aromatic rings. The Bertz CT molecular complexity index is 137. The summed E-state index contributed by atoms with van der Waals surface area (Å²) in [4.78, 5) is 0. The van der Waals surface area contributed by atoms with Crippen molar-refractivity contribution in [3.05, 3.63) is 12.7 Å². The van der Waals surface area contributed by atoms with Gasteiger partial charge in [-0.2, -0.15) is 0 Å². The van der Waals surface area contributed by atoms with Gasteiger partial charge in [-0.1, -0.05) is 12.5 Å². The average molecular weight is 136 g/mol. The SMILES string of the molecule is C=CC[C@@H]1C[C@H]2CC[C@@H]1C2. The van der Waals surface area contributed by atoms with E-state index < -0.39 is 0 Å². The van der Waals surface area contributed by atoms with Crippen LogP contribution in [-0.4, -0.2) is 0 Å². The van der Waals surface area contributed by atoms with Crippen LogP contribution in [-0.2, 0) is 0 Å². The molecule has 56 valence electrons. The van der Waals surface area contributed by atoms with Crippen LogP contribution in [0.25, 0.3) is 0 Å². The Balaban J connectivity index is 1.95. The maximum Gasteiger partial charge on any atom is -0.0322 e. The van der Waals surface area contributed by atoms with Crippen molar-refractivity contribution in [3.63, 3.8) is 0 Å². The molecule has 0 spiro atoms. The molecule has 0 radical (unpaired) electrons. The third-order valence-corrected chi connectivity index (χ3v) is 3.35. The predicted molar refractivity (Wildman–Crippen MR) is 43.8 cm³/mol. The van der Waals surface area contributed by atoms with Crippen LogP contribution in [0.4, 0.5) is 0 Å². The molecule has 0 amide bonds. The fraction of sp³-hybridized carbons (Fsp3) is 0.800. The zero-order valence-electron chi connectivity index (χ0n) is 6.55. The molecule has 2 fully saturated rings. The Labute approximate surface area is 63.3 Å². The third kappa shape index (κ3) is 0.902. The van der Waals surface area contributed by atoms with E-state index in [0.717, 1.165) is 17.8 Å². The lowest BCUT2D eigenvalue weighted by Crippen LogP contribution is -2.08. The lowest BCUT2D eigenvalue weighted by molar-refractivity contribution is 0.336. The Hall–Kier alpha value is -0.260. The minimum Gasteiger partial charge on any atom is -0.103 e. The molecule has 0 heterocycles. The molecule has 10 heavy (non-hydrogen) atoms. The van der Waals surface area contributed by atoms with E-state index in [4.69, 9.17) is 0 Å². The highest BCUT2D eigenvalue weighted by atomic mass is 14.4. The van der Waals surface area contributed by atoms with E-state index in [1.807, 2.05) is 0 Å². The monoisotopic (exact) mass is 136 g/mol. The summed E-state index contributed by atoms with van der Waals surface area (Å²) in [6, 6.07) is 0. The average Bonchev–Trinajstić information content (AvgIpc) is 2.48. The molecule has 2 saturated carbocycles. The van der Waals surface area contributed by atoms with Crippen LogP contribution in [0.5, 0.6) is 0 Å². The first-order valence-electron chi connectivity index (χ1n) is 4.51. The lowest BCUT2D eigenvalue weighted by Gasteiger charge is -2.19. The van der Waals surface area contributed by atoms with E-state index in [-0.39, 0.29) is 0 Å². The smallest absolute Gasteiger partial charge is 0.0322 e. The Kier molecular flexibility index (Phi) is 1.55. The number of hydrogen-bond donors (Lipinski definition) is 0. The maximum atomic E-state index is 3.81. The van der Waals surface area contributed by atoms with Gasteiger partial charge in [-0.05, 0) is 43.4 Å². The van der Waals surface area contributed by atoms with Crippen molar-refractivity contribution in [3.8, 4) is 0 Å². The van der Waals surface area contributed by atoms with Gasteiger partial charge in [0.05, 0.1) is 0 Å². The van der Waals surface area contributed by atoms with Crippen molar-refractivity contribution < 1.29 is 0 Å². The topological polar surface area (TPSA) is 0 Å². The Morgan fingerprint density at radius 1 is 1.30 bits per heavy atom. The van der Waals surface area contributed by atoms with Crippen LogP contribution in [0.2, 0.25) is 0 Å². The Morgan fingerprint density at radius 2 is 2.20 bits per heavy atom. The fourth-order valence-electron chi connectivity index (χ4n) is 2.88. The fourth-order valence-corrected chi connectivity index (χ4v) is 2.88. The summed E-state index contributed by atoms with van der Waals surface area (Å²) in [7, 11) is 0. The van der Waals surface area contributed by atoms with Gasteiger partial charge in [0.15, 0.2) is 0 Å². The van der Waals surface area contributed by atoms with Gasteiger partial charge in [-0.3, -0.25) is 0 Å². The molecule has 0 aromatic carbocycles. The van der Waals surface area contributed by atoms with Gasteiger partial charge in [0.1, 0.15) is 0 Å². The highest BCUT2D eigenvalue weighted by molar-refractivity contribution is 4.92. The number of fused-ring (bicyclic) bond motifs is 2. The van der Waals surface area contributed by atoms with Gasteiger partial charge < -0.3 is 0 Å². The second-order valence-electron chi connectivity index (χ2n) is 3.96. The summed E-state index contributed by atoms with van der Waals surface area (Å²) >= 11 is 0. The third-order valence-electron chi connectivity index (χ3n) is 3.35. The number of allylic oxidation sites excluding steroid dienone is 1. The molecule has 0 aromatic heterocycles. The van der Waals surface area contributed by atoms with Gasteiger partial charge in [0.2, 0.25) is 0 Å². The van der Waals surface area contributed by atoms with Gasteiger partial charge >= 0.3 is 0 Å². The molecule has 0 heteroatoms. The summed E-state index contributed by atoms with van der Waals surface area (Å²) in [5.74, 6) is 3.22. The highest BCUT2D eigenvalue weighted by Gasteiger charge is 2.38. The molecular weight excluding hydrogens is 120 g/mol. The minimum absolute atomic E-state index is 1.02. The molecule has 0 saturated heterocycles. The summed E-state index contributed by atoms with van der Waals surface area (Å²) < 4.78 is 0. The molecule has 2 rings (SSSR count). The van der Waals surface area contributed by atoms with Gasteiger partial charge in [-0.25, -0.2) is 0 Å². The molecule has 2 aliphatic carbocycles. The van der Waals surface area contributed by atoms with Crippen LogP contribution in [0, 0.1) is 17.8 Å². The largest absolute Gasteiger partial charge is 0.103 e. The Morgan fingerprint density at radius 3 is 2.70 bits per heavy atom. The minimum atomic E-state index is 1.02. The van der Waals surface area contributed by atoms with Crippen LogP contribution in [0.3, 0.4) is 0 Å². The van der Waals surface area contributed by atoms with E-state index in [9.17, 15) is 0 Å². The molecule has 2 bridgehead atoms. The van der Waals surface area contributed by atoms with Crippen LogP contribution in [0.1, 0.15) is 32.1 Å². The first kappa shape index (κ1) is 6.45. The quantitative estimate of drug-likeness (QED) is 0.512. The van der Waals surface area contributed by atoms with E-state index in [1.165, 1.54) is 25.7 Å². The first-order chi connectivity index (χ1) is 4.90. The maximum absolute atomic E-state index is 3.81. The normalized spacial score (nSPS) is 44.2. The lowest BCUT2D eigenvalue weighted by atomic mass is 9.87. The summed E-state index contributed by atoms with van der Waals surface area (Å²) in [6.45, 7) is 3.81. The van der Waals surface area contributed by atoms with Gasteiger partial charge in [0, 0.05) is 0 Å². The first-order valence-corrected chi connectivity index (χ1v) is 4.51. The molecule has 0 unspecified atom stereocenters. The molecule has 0 N–H and O–H groups in total. The second kappa shape index (κ2) is 2.41. The van der Waals surface area contributed by atoms with Crippen molar-refractivity contribution in [2.75, 3.05) is 0 Å². The standard InChI is InChI=1S/C10H16/c1-2-3-9-6-8-4-5-10(9)7-8/h2,8-10H,1,3-7H2/t8-,9-,10-/m1/s1. The van der Waals surface area contributed by atoms with Gasteiger partial charge in [0.25, 0.3) is 0 Å². The number of hydrogen-bond acceptors (Lipinski definition) is 0. The van der Waals surface area contributed by atoms with Crippen LogP contribution >= 0.6 is 0 Å². The summed E-state index contributed by atoms with van der Waals surface area (Å²) in [5.41, 5.74) is 0. The van der Waals surface area contributed by atoms with Gasteiger partial charge in [-0.15, -0.1) is 6.58 Å². The zero-order valence-corrected chi connectivity index (χ0v) is 6.55. The molecule has 3 atom stereocenters. The van der Waals surface area contributed by atoms with Crippen molar-refractivity contribution in [2.45, 2.75) is 32.1 Å². The second-order valence-corrected chi connectivity index (χ2v) is 3.96. The molecule has 2 aliphatic rings. The molecule has 0 aliphatic heterocycles. The number of rotatable bonds is 2. The van der Waals surface area contributed by atoms with Crippen molar-refractivity contribution in [2.24, 2.45) is 17.8 Å². The van der Waals surface area contributed by atoms with Crippen LogP contribution in [0.15, 0.2) is 12.7 Å². The molecule has 0 nitrogen and oxygen atoms in total. The zero-order chi connectivity index (χ0) is 6.97. The van der Waals surface area contributed by atoms with Crippen molar-refractivity contribution in [1.82, 2.24) is 0 Å². The van der Waals surface area contributed by atoms with E-state index in [2.05, 4.69) is 12.7 Å².